The number of alkyl halides is 3. The van der Waals surface area contributed by atoms with Gasteiger partial charge >= 0.3 is 12.1 Å². The molecular weight excluding hydrogens is 363 g/mol. The van der Waals surface area contributed by atoms with Crippen LogP contribution >= 0.6 is 0 Å². The first-order chi connectivity index (χ1) is 12.6. The second-order valence-corrected chi connectivity index (χ2v) is 5.62. The van der Waals surface area contributed by atoms with Crippen LogP contribution in [0, 0.1) is 0 Å². The van der Waals surface area contributed by atoms with Crippen LogP contribution in [0.2, 0.25) is 0 Å². The number of aromatic carboxylic acids is 1. The van der Waals surface area contributed by atoms with Crippen LogP contribution in [0.25, 0.3) is 6.08 Å². The highest BCUT2D eigenvalue weighted by Gasteiger charge is 2.29. The summed E-state index contributed by atoms with van der Waals surface area (Å²) < 4.78 is 42.8. The number of carboxylic acid groups (broad SMARTS) is 1. The maximum Gasteiger partial charge on any atom is 0.416 e. The summed E-state index contributed by atoms with van der Waals surface area (Å²) in [4.78, 5) is 23.6. The maximum atomic E-state index is 12.6. The van der Waals surface area contributed by atoms with Gasteiger partial charge in [-0.1, -0.05) is 12.1 Å². The Bertz CT molecular complexity index is 887. The second kappa shape index (κ2) is 7.94. The van der Waals surface area contributed by atoms with Crippen molar-refractivity contribution < 1.29 is 32.6 Å². The van der Waals surface area contributed by atoms with Gasteiger partial charge in [-0.15, -0.1) is 0 Å². The minimum atomic E-state index is -4.44. The van der Waals surface area contributed by atoms with Crippen LogP contribution < -0.4 is 10.1 Å². The summed E-state index contributed by atoms with van der Waals surface area (Å²) in [5.74, 6) is -1.46. The topological polar surface area (TPSA) is 75.6 Å². The standard InChI is InChI=1S/C19H16F3NO4/c1-11(9-12-3-5-13(6-4-12)19(20,21)22)17(24)23-16-10-14(27-2)7-8-15(16)18(25)26/h3-10H,1-2H3,(H,23,24)(H,25,26)/b11-9+. The molecule has 0 bridgehead atoms. The average Bonchev–Trinajstić information content (AvgIpc) is 2.61. The Morgan fingerprint density at radius 3 is 2.26 bits per heavy atom. The predicted molar refractivity (Wildman–Crippen MR) is 93.7 cm³/mol. The first kappa shape index (κ1) is 20.0. The van der Waals surface area contributed by atoms with Crippen LogP contribution in [0.5, 0.6) is 5.75 Å². The van der Waals surface area contributed by atoms with E-state index >= 15 is 0 Å². The number of carbonyl (C=O) groups excluding carboxylic acids is 1. The highest BCUT2D eigenvalue weighted by molar-refractivity contribution is 6.09. The molecule has 2 N–H and O–H groups in total. The Hall–Kier alpha value is -3.29. The third-order valence-corrected chi connectivity index (χ3v) is 3.68. The molecule has 2 aromatic rings. The van der Waals surface area contributed by atoms with E-state index in [9.17, 15) is 27.9 Å². The Morgan fingerprint density at radius 1 is 1.11 bits per heavy atom. The summed E-state index contributed by atoms with van der Waals surface area (Å²) in [5, 5.41) is 11.7. The minimum Gasteiger partial charge on any atom is -0.497 e. The maximum absolute atomic E-state index is 12.6. The molecule has 0 aliphatic heterocycles. The van der Waals surface area contributed by atoms with E-state index in [1.54, 1.807) is 0 Å². The Kier molecular flexibility index (Phi) is 5.89. The third kappa shape index (κ3) is 5.10. The highest BCUT2D eigenvalue weighted by Crippen LogP contribution is 2.29. The van der Waals surface area contributed by atoms with Crippen LogP contribution in [0.15, 0.2) is 48.0 Å². The fraction of sp³-hybridized carbons (Fsp3) is 0.158. The van der Waals surface area contributed by atoms with E-state index < -0.39 is 23.6 Å². The fourth-order valence-electron chi connectivity index (χ4n) is 2.25. The zero-order valence-corrected chi connectivity index (χ0v) is 14.4. The van der Waals surface area contributed by atoms with Gasteiger partial charge in [0.2, 0.25) is 0 Å². The number of ether oxygens (including phenoxy) is 1. The lowest BCUT2D eigenvalue weighted by molar-refractivity contribution is -0.137. The molecule has 0 saturated heterocycles. The van der Waals surface area contributed by atoms with Gasteiger partial charge in [0.1, 0.15) is 5.75 Å². The van der Waals surface area contributed by atoms with Crippen molar-refractivity contribution in [2.24, 2.45) is 0 Å². The zero-order valence-electron chi connectivity index (χ0n) is 14.4. The van der Waals surface area contributed by atoms with Gasteiger partial charge in [0.15, 0.2) is 0 Å². The highest BCUT2D eigenvalue weighted by atomic mass is 19.4. The molecule has 142 valence electrons. The Labute approximate surface area is 153 Å². The smallest absolute Gasteiger partial charge is 0.416 e. The SMILES string of the molecule is COc1ccc(C(=O)O)c(NC(=O)/C(C)=C/c2ccc(C(F)(F)F)cc2)c1. The molecule has 0 aliphatic carbocycles. The molecular formula is C19H16F3NO4. The molecule has 1 amide bonds. The van der Waals surface area contributed by atoms with Crippen LogP contribution in [0.3, 0.4) is 0 Å². The lowest BCUT2D eigenvalue weighted by Gasteiger charge is -2.11. The molecule has 0 heterocycles. The quantitative estimate of drug-likeness (QED) is 0.753. The molecule has 0 aromatic heterocycles. The summed E-state index contributed by atoms with van der Waals surface area (Å²) in [6.07, 6.45) is -3.04. The first-order valence-electron chi connectivity index (χ1n) is 7.70. The van der Waals surface area contributed by atoms with Gasteiger partial charge in [-0.25, -0.2) is 4.79 Å². The largest absolute Gasteiger partial charge is 0.497 e. The van der Waals surface area contributed by atoms with Gasteiger partial charge in [-0.3, -0.25) is 4.79 Å². The number of halogens is 3. The first-order valence-corrected chi connectivity index (χ1v) is 7.70. The van der Waals surface area contributed by atoms with Crippen molar-refractivity contribution in [2.75, 3.05) is 12.4 Å². The number of carboxylic acids is 1. The molecule has 0 spiro atoms. The van der Waals surface area contributed by atoms with Crippen LogP contribution in [-0.2, 0) is 11.0 Å². The number of amides is 1. The molecule has 8 heteroatoms. The van der Waals surface area contributed by atoms with Crippen LogP contribution in [0.4, 0.5) is 18.9 Å². The zero-order chi connectivity index (χ0) is 20.2. The van der Waals surface area contributed by atoms with E-state index in [4.69, 9.17) is 4.74 Å². The average molecular weight is 379 g/mol. The van der Waals surface area contributed by atoms with Crippen molar-refractivity contribution in [3.05, 3.63) is 64.7 Å². The second-order valence-electron chi connectivity index (χ2n) is 5.62. The number of rotatable bonds is 5. The van der Waals surface area contributed by atoms with Crippen molar-refractivity contribution >= 4 is 23.6 Å². The molecule has 0 radical (unpaired) electrons. The van der Waals surface area contributed by atoms with Gasteiger partial charge in [0, 0.05) is 11.6 Å². The molecule has 2 aromatic carbocycles. The Balaban J connectivity index is 2.23. The van der Waals surface area contributed by atoms with Crippen LogP contribution in [0.1, 0.15) is 28.4 Å². The normalized spacial score (nSPS) is 11.8. The molecule has 2 rings (SSSR count). The van der Waals surface area contributed by atoms with Gasteiger partial charge < -0.3 is 15.2 Å². The molecule has 27 heavy (non-hydrogen) atoms. The summed E-state index contributed by atoms with van der Waals surface area (Å²) >= 11 is 0. The number of carbonyl (C=O) groups is 2. The van der Waals surface area contributed by atoms with Crippen LogP contribution in [-0.4, -0.2) is 24.1 Å². The van der Waals surface area contributed by atoms with Gasteiger partial charge in [-0.05, 0) is 42.8 Å². The van der Waals surface area contributed by atoms with Crippen molar-refractivity contribution in [1.82, 2.24) is 0 Å². The van der Waals surface area contributed by atoms with E-state index in [0.717, 1.165) is 12.1 Å². The lowest BCUT2D eigenvalue weighted by Crippen LogP contribution is -2.15. The lowest BCUT2D eigenvalue weighted by atomic mass is 10.1. The number of hydrogen-bond acceptors (Lipinski definition) is 3. The third-order valence-electron chi connectivity index (χ3n) is 3.68. The summed E-state index contributed by atoms with van der Waals surface area (Å²) in [6.45, 7) is 1.47. The predicted octanol–water partition coefficient (Wildman–Crippen LogP) is 4.45. The number of nitrogens with one attached hydrogen (secondary N) is 1. The van der Waals surface area contributed by atoms with E-state index in [-0.39, 0.29) is 16.8 Å². The van der Waals surface area contributed by atoms with E-state index in [1.165, 1.54) is 50.4 Å². The van der Waals surface area contributed by atoms with Crippen molar-refractivity contribution in [2.45, 2.75) is 13.1 Å². The molecule has 0 unspecified atom stereocenters. The van der Waals surface area contributed by atoms with Crippen molar-refractivity contribution in [3.63, 3.8) is 0 Å². The summed E-state index contributed by atoms with van der Waals surface area (Å²) in [6, 6.07) is 8.44. The summed E-state index contributed by atoms with van der Waals surface area (Å²) in [7, 11) is 1.40. The molecule has 0 aliphatic rings. The van der Waals surface area contributed by atoms with E-state index in [1.807, 2.05) is 0 Å². The molecule has 0 saturated carbocycles. The molecule has 0 atom stereocenters. The van der Waals surface area contributed by atoms with E-state index in [2.05, 4.69) is 5.32 Å². The summed E-state index contributed by atoms with van der Waals surface area (Å²) in [5.41, 5.74) is -0.267. The van der Waals surface area contributed by atoms with Crippen molar-refractivity contribution in [1.29, 1.82) is 0 Å². The number of benzene rings is 2. The van der Waals surface area contributed by atoms with Gasteiger partial charge in [-0.2, -0.15) is 13.2 Å². The molecule has 0 fully saturated rings. The Morgan fingerprint density at radius 2 is 1.74 bits per heavy atom. The van der Waals surface area contributed by atoms with Gasteiger partial charge in [0.05, 0.1) is 23.9 Å². The van der Waals surface area contributed by atoms with E-state index in [0.29, 0.717) is 11.3 Å². The number of methoxy groups -OCH3 is 1. The molecule has 5 nitrogen and oxygen atoms in total. The monoisotopic (exact) mass is 379 g/mol. The van der Waals surface area contributed by atoms with Crippen molar-refractivity contribution in [3.8, 4) is 5.75 Å². The van der Waals surface area contributed by atoms with Gasteiger partial charge in [0.25, 0.3) is 5.91 Å². The number of hydrogen-bond donors (Lipinski definition) is 2. The fourth-order valence-corrected chi connectivity index (χ4v) is 2.25. The minimum absolute atomic E-state index is 0.0482. The number of anilines is 1.